The van der Waals surface area contributed by atoms with Gasteiger partial charge in [-0.3, -0.25) is 14.5 Å². The van der Waals surface area contributed by atoms with Gasteiger partial charge in [0.05, 0.1) is 17.8 Å². The predicted octanol–water partition coefficient (Wildman–Crippen LogP) is 3.59. The van der Waals surface area contributed by atoms with Crippen molar-refractivity contribution in [2.45, 2.75) is 25.4 Å². The number of hydrogen-bond acceptors (Lipinski definition) is 3. The number of nitrogens with zero attached hydrogens (tertiary/aromatic N) is 2. The minimum absolute atomic E-state index is 0.0158. The van der Waals surface area contributed by atoms with Crippen molar-refractivity contribution in [1.29, 1.82) is 0 Å². The summed E-state index contributed by atoms with van der Waals surface area (Å²) in [4.78, 5) is 28.7. The van der Waals surface area contributed by atoms with Crippen molar-refractivity contribution in [3.8, 4) is 0 Å². The van der Waals surface area contributed by atoms with Crippen LogP contribution in [0.15, 0.2) is 42.5 Å². The zero-order chi connectivity index (χ0) is 22.0. The van der Waals surface area contributed by atoms with E-state index in [0.717, 1.165) is 25.3 Å². The Labute approximate surface area is 178 Å². The Morgan fingerprint density at radius 2 is 1.65 bits per heavy atom. The molecule has 1 aliphatic heterocycles. The highest BCUT2D eigenvalue weighted by molar-refractivity contribution is 5.95. The lowest BCUT2D eigenvalue weighted by Gasteiger charge is -2.34. The second-order valence-corrected chi connectivity index (χ2v) is 8.00. The van der Waals surface area contributed by atoms with Crippen molar-refractivity contribution < 1.29 is 22.8 Å². The first kappa shape index (κ1) is 21.4. The fraction of sp³-hybridized carbons (Fsp3) is 0.391. The van der Waals surface area contributed by atoms with E-state index in [1.165, 1.54) is 29.3 Å². The zero-order valence-corrected chi connectivity index (χ0v) is 17.0. The first-order valence-electron chi connectivity index (χ1n) is 10.4. The number of aryl methyl sites for hydroxylation is 2. The Hall–Kier alpha value is -2.87. The van der Waals surface area contributed by atoms with E-state index in [-0.39, 0.29) is 18.1 Å². The predicted molar refractivity (Wildman–Crippen MR) is 111 cm³/mol. The maximum Gasteiger partial charge on any atom is 0.418 e. The number of rotatable bonds is 4. The number of carbonyl (C=O) groups excluding carboxylic acids is 2. The van der Waals surface area contributed by atoms with E-state index in [2.05, 4.69) is 5.32 Å². The number of amides is 2. The molecule has 0 saturated carbocycles. The van der Waals surface area contributed by atoms with Crippen LogP contribution in [-0.4, -0.2) is 54.3 Å². The fourth-order valence-electron chi connectivity index (χ4n) is 4.23. The zero-order valence-electron chi connectivity index (χ0n) is 17.0. The lowest BCUT2D eigenvalue weighted by Crippen LogP contribution is -2.50. The molecule has 164 valence electrons. The van der Waals surface area contributed by atoms with Crippen LogP contribution in [0.3, 0.4) is 0 Å². The highest BCUT2D eigenvalue weighted by Crippen LogP contribution is 2.34. The number of hydrogen-bond donors (Lipinski definition) is 1. The molecule has 2 aromatic carbocycles. The molecule has 1 heterocycles. The summed E-state index contributed by atoms with van der Waals surface area (Å²) in [7, 11) is 0. The molecule has 4 rings (SSSR count). The monoisotopic (exact) mass is 431 g/mol. The van der Waals surface area contributed by atoms with Gasteiger partial charge in [0, 0.05) is 31.7 Å². The van der Waals surface area contributed by atoms with Gasteiger partial charge in [0.2, 0.25) is 5.91 Å². The second-order valence-electron chi connectivity index (χ2n) is 8.00. The summed E-state index contributed by atoms with van der Waals surface area (Å²) in [6.07, 6.45) is -1.33. The molecule has 0 radical (unpaired) electrons. The lowest BCUT2D eigenvalue weighted by molar-refractivity contribution is -0.137. The van der Waals surface area contributed by atoms with Gasteiger partial charge in [-0.1, -0.05) is 18.2 Å². The van der Waals surface area contributed by atoms with Crippen LogP contribution < -0.4 is 5.32 Å². The van der Waals surface area contributed by atoms with Crippen LogP contribution in [0.1, 0.15) is 33.5 Å². The summed E-state index contributed by atoms with van der Waals surface area (Å²) in [5.41, 5.74) is 2.15. The topological polar surface area (TPSA) is 52.7 Å². The summed E-state index contributed by atoms with van der Waals surface area (Å²) in [5, 5.41) is 2.37. The van der Waals surface area contributed by atoms with Crippen LogP contribution in [0, 0.1) is 0 Å². The number of alkyl halides is 3. The normalized spacial score (nSPS) is 16.8. The molecule has 0 atom stereocenters. The van der Waals surface area contributed by atoms with Gasteiger partial charge in [-0.15, -0.1) is 0 Å². The van der Waals surface area contributed by atoms with Crippen molar-refractivity contribution in [3.63, 3.8) is 0 Å². The van der Waals surface area contributed by atoms with Crippen LogP contribution in [0.5, 0.6) is 0 Å². The van der Waals surface area contributed by atoms with Crippen molar-refractivity contribution >= 4 is 17.5 Å². The van der Waals surface area contributed by atoms with Crippen LogP contribution in [0.2, 0.25) is 0 Å². The Kier molecular flexibility index (Phi) is 6.00. The average molecular weight is 431 g/mol. The summed E-state index contributed by atoms with van der Waals surface area (Å²) in [6, 6.07) is 10.8. The number of fused-ring (bicyclic) bond motifs is 1. The first-order valence-corrected chi connectivity index (χ1v) is 10.4. The highest BCUT2D eigenvalue weighted by atomic mass is 19.4. The number of anilines is 1. The molecule has 0 aromatic heterocycles. The second kappa shape index (κ2) is 8.70. The van der Waals surface area contributed by atoms with Gasteiger partial charge >= 0.3 is 6.18 Å². The number of para-hydroxylation sites is 1. The molecule has 1 fully saturated rings. The number of benzene rings is 2. The third-order valence-electron chi connectivity index (χ3n) is 5.88. The fourth-order valence-corrected chi connectivity index (χ4v) is 4.23. The first-order chi connectivity index (χ1) is 14.8. The van der Waals surface area contributed by atoms with Crippen molar-refractivity contribution in [2.75, 3.05) is 38.0 Å². The molecule has 2 aromatic rings. The molecule has 1 saturated heterocycles. The number of piperazine rings is 1. The van der Waals surface area contributed by atoms with Gasteiger partial charge in [0.1, 0.15) is 0 Å². The minimum Gasteiger partial charge on any atom is -0.336 e. The number of halogens is 3. The van der Waals surface area contributed by atoms with Crippen LogP contribution in [0.25, 0.3) is 0 Å². The molecule has 1 N–H and O–H groups in total. The Bertz CT molecular complexity index is 982. The molecule has 31 heavy (non-hydrogen) atoms. The number of nitrogens with one attached hydrogen (secondary N) is 1. The molecular formula is C23H24F3N3O2. The van der Waals surface area contributed by atoms with E-state index >= 15 is 0 Å². The van der Waals surface area contributed by atoms with Gasteiger partial charge in [0.25, 0.3) is 5.91 Å². The molecule has 0 spiro atoms. The van der Waals surface area contributed by atoms with Crippen LogP contribution in [-0.2, 0) is 23.8 Å². The standard InChI is InChI=1S/C23H24F3N3O2/c24-23(25,26)19-6-1-2-7-20(19)27-21(30)15-28-10-12-29(13-11-28)22(31)18-9-8-16-4-3-5-17(16)14-18/h1-2,6-9,14H,3-5,10-13,15H2,(H,27,30). The smallest absolute Gasteiger partial charge is 0.336 e. The van der Waals surface area contributed by atoms with E-state index in [1.54, 1.807) is 4.90 Å². The van der Waals surface area contributed by atoms with Crippen molar-refractivity contribution in [1.82, 2.24) is 9.80 Å². The molecule has 2 amide bonds. The summed E-state index contributed by atoms with van der Waals surface area (Å²) in [6.45, 7) is 1.91. The van der Waals surface area contributed by atoms with Gasteiger partial charge in [-0.05, 0) is 54.7 Å². The van der Waals surface area contributed by atoms with Crippen LogP contribution >= 0.6 is 0 Å². The van der Waals surface area contributed by atoms with Crippen molar-refractivity contribution in [3.05, 3.63) is 64.7 Å². The van der Waals surface area contributed by atoms with Gasteiger partial charge in [-0.25, -0.2) is 0 Å². The maximum atomic E-state index is 13.1. The van der Waals surface area contributed by atoms with Gasteiger partial charge in [-0.2, -0.15) is 13.2 Å². The van der Waals surface area contributed by atoms with Crippen LogP contribution in [0.4, 0.5) is 18.9 Å². The number of carbonyl (C=O) groups is 2. The Morgan fingerprint density at radius 1 is 0.935 bits per heavy atom. The SMILES string of the molecule is O=C(CN1CCN(C(=O)c2ccc3c(c2)CCC3)CC1)Nc1ccccc1C(F)(F)F. The van der Waals surface area contributed by atoms with E-state index in [9.17, 15) is 22.8 Å². The molecular weight excluding hydrogens is 407 g/mol. The van der Waals surface area contributed by atoms with Gasteiger partial charge in [0.15, 0.2) is 0 Å². The third kappa shape index (κ3) is 4.90. The minimum atomic E-state index is -4.53. The van der Waals surface area contributed by atoms with E-state index in [1.807, 2.05) is 23.1 Å². The molecule has 0 unspecified atom stereocenters. The lowest BCUT2D eigenvalue weighted by atomic mass is 10.1. The quantitative estimate of drug-likeness (QED) is 0.805. The van der Waals surface area contributed by atoms with E-state index in [0.29, 0.717) is 31.7 Å². The highest BCUT2D eigenvalue weighted by Gasteiger charge is 2.33. The summed E-state index contributed by atoms with van der Waals surface area (Å²) >= 11 is 0. The molecule has 1 aliphatic carbocycles. The Morgan fingerprint density at radius 3 is 2.39 bits per heavy atom. The molecule has 5 nitrogen and oxygen atoms in total. The van der Waals surface area contributed by atoms with E-state index < -0.39 is 17.6 Å². The van der Waals surface area contributed by atoms with Crippen molar-refractivity contribution in [2.24, 2.45) is 0 Å². The maximum absolute atomic E-state index is 13.1. The Balaban J connectivity index is 1.30. The molecule has 2 aliphatic rings. The largest absolute Gasteiger partial charge is 0.418 e. The molecule has 8 heteroatoms. The van der Waals surface area contributed by atoms with Gasteiger partial charge < -0.3 is 10.2 Å². The summed E-state index contributed by atoms with van der Waals surface area (Å²) < 4.78 is 39.3. The van der Waals surface area contributed by atoms with E-state index in [4.69, 9.17) is 0 Å². The summed E-state index contributed by atoms with van der Waals surface area (Å²) in [5.74, 6) is -0.520. The molecule has 0 bridgehead atoms. The average Bonchev–Trinajstić information content (AvgIpc) is 3.21. The third-order valence-corrected chi connectivity index (χ3v) is 5.88.